The molecular formula is C18H25BrO5. The van der Waals surface area contributed by atoms with E-state index in [0.717, 1.165) is 17.3 Å². The second-order valence-corrected chi connectivity index (χ2v) is 6.32. The third-order valence-electron chi connectivity index (χ3n) is 3.25. The normalized spacial score (nSPS) is 10.4. The second kappa shape index (κ2) is 13.0. The van der Waals surface area contributed by atoms with E-state index in [1.807, 2.05) is 0 Å². The molecule has 1 aromatic rings. The fourth-order valence-corrected chi connectivity index (χ4v) is 2.26. The van der Waals surface area contributed by atoms with Gasteiger partial charge >= 0.3 is 11.9 Å². The van der Waals surface area contributed by atoms with Gasteiger partial charge in [0.15, 0.2) is 0 Å². The number of halogens is 1. The Hall–Kier alpha value is -1.40. The number of unbranched alkanes of at least 4 members (excludes halogenated alkanes) is 5. The van der Waals surface area contributed by atoms with Crippen LogP contribution in [0.3, 0.4) is 0 Å². The minimum atomic E-state index is -0.555. The van der Waals surface area contributed by atoms with E-state index in [1.54, 1.807) is 24.3 Å². The summed E-state index contributed by atoms with van der Waals surface area (Å²) in [6, 6.07) is 6.86. The number of rotatable bonds is 12. The average Bonchev–Trinajstić information content (AvgIpc) is 2.56. The lowest BCUT2D eigenvalue weighted by molar-refractivity contribution is -0.152. The fourth-order valence-electron chi connectivity index (χ4n) is 1.99. The molecule has 5 nitrogen and oxygen atoms in total. The van der Waals surface area contributed by atoms with Crippen molar-refractivity contribution in [1.29, 1.82) is 0 Å². The molecule has 0 aliphatic carbocycles. The summed E-state index contributed by atoms with van der Waals surface area (Å²) < 4.78 is 16.0. The molecule has 0 saturated heterocycles. The van der Waals surface area contributed by atoms with Crippen molar-refractivity contribution in [2.75, 3.05) is 19.8 Å². The van der Waals surface area contributed by atoms with Crippen molar-refractivity contribution in [2.24, 2.45) is 0 Å². The minimum Gasteiger partial charge on any atom is -0.464 e. The number of ether oxygens (including phenoxy) is 3. The number of carbonyl (C=O) groups excluding carboxylic acids is 2. The third kappa shape index (κ3) is 10.4. The molecule has 0 aromatic heterocycles. The SMILES string of the molecule is CCCCCCCCOC(=O)COCC(=O)Oc1ccc(Br)cc1. The van der Waals surface area contributed by atoms with Crippen LogP contribution in [0.5, 0.6) is 5.75 Å². The van der Waals surface area contributed by atoms with E-state index in [1.165, 1.54) is 25.7 Å². The van der Waals surface area contributed by atoms with Crippen molar-refractivity contribution >= 4 is 27.9 Å². The first kappa shape index (κ1) is 20.6. The molecule has 0 unspecified atom stereocenters. The summed E-state index contributed by atoms with van der Waals surface area (Å²) in [6.07, 6.45) is 6.80. The zero-order valence-electron chi connectivity index (χ0n) is 14.1. The van der Waals surface area contributed by atoms with E-state index in [0.29, 0.717) is 12.4 Å². The molecule has 6 heteroatoms. The molecule has 0 N–H and O–H groups in total. The topological polar surface area (TPSA) is 61.8 Å². The highest BCUT2D eigenvalue weighted by Gasteiger charge is 2.08. The lowest BCUT2D eigenvalue weighted by Gasteiger charge is -2.06. The van der Waals surface area contributed by atoms with Crippen molar-refractivity contribution in [3.05, 3.63) is 28.7 Å². The van der Waals surface area contributed by atoms with Crippen molar-refractivity contribution < 1.29 is 23.8 Å². The number of hydrogen-bond acceptors (Lipinski definition) is 5. The Labute approximate surface area is 151 Å². The van der Waals surface area contributed by atoms with Crippen LogP contribution in [0.15, 0.2) is 28.7 Å². The Bertz CT molecular complexity index is 487. The molecule has 0 heterocycles. The van der Waals surface area contributed by atoms with E-state index in [9.17, 15) is 9.59 Å². The van der Waals surface area contributed by atoms with Crippen molar-refractivity contribution in [3.63, 3.8) is 0 Å². The first-order valence-electron chi connectivity index (χ1n) is 8.31. The molecule has 24 heavy (non-hydrogen) atoms. The van der Waals surface area contributed by atoms with Crippen molar-refractivity contribution in [1.82, 2.24) is 0 Å². The van der Waals surface area contributed by atoms with Crippen LogP contribution >= 0.6 is 15.9 Å². The highest BCUT2D eigenvalue weighted by Crippen LogP contribution is 2.16. The first-order chi connectivity index (χ1) is 11.6. The molecule has 1 aromatic carbocycles. The van der Waals surface area contributed by atoms with Gasteiger partial charge in [0.25, 0.3) is 0 Å². The second-order valence-electron chi connectivity index (χ2n) is 5.41. The van der Waals surface area contributed by atoms with Gasteiger partial charge in [0, 0.05) is 4.47 Å². The maximum atomic E-state index is 11.6. The molecular weight excluding hydrogens is 376 g/mol. The van der Waals surface area contributed by atoms with Crippen LogP contribution in [0.25, 0.3) is 0 Å². The molecule has 0 saturated carbocycles. The number of esters is 2. The Morgan fingerprint density at radius 2 is 1.54 bits per heavy atom. The molecule has 0 fully saturated rings. The van der Waals surface area contributed by atoms with E-state index in [2.05, 4.69) is 22.9 Å². The van der Waals surface area contributed by atoms with Gasteiger partial charge in [-0.25, -0.2) is 9.59 Å². The monoisotopic (exact) mass is 400 g/mol. The highest BCUT2D eigenvalue weighted by atomic mass is 79.9. The quantitative estimate of drug-likeness (QED) is 0.297. The largest absolute Gasteiger partial charge is 0.464 e. The van der Waals surface area contributed by atoms with Gasteiger partial charge in [-0.1, -0.05) is 55.0 Å². The molecule has 0 aliphatic rings. The molecule has 0 spiro atoms. The van der Waals surface area contributed by atoms with Crippen LogP contribution < -0.4 is 4.74 Å². The van der Waals surface area contributed by atoms with E-state index >= 15 is 0 Å². The summed E-state index contributed by atoms with van der Waals surface area (Å²) in [5.41, 5.74) is 0. The lowest BCUT2D eigenvalue weighted by Crippen LogP contribution is -2.20. The molecule has 0 atom stereocenters. The Kier molecular flexibility index (Phi) is 11.1. The Balaban J connectivity index is 2.02. The number of carbonyl (C=O) groups is 2. The average molecular weight is 401 g/mol. The van der Waals surface area contributed by atoms with Crippen LogP contribution in [-0.4, -0.2) is 31.8 Å². The van der Waals surface area contributed by atoms with Crippen LogP contribution in [0.1, 0.15) is 45.4 Å². The summed E-state index contributed by atoms with van der Waals surface area (Å²) in [5, 5.41) is 0. The van der Waals surface area contributed by atoms with Gasteiger partial charge in [-0.05, 0) is 30.7 Å². The van der Waals surface area contributed by atoms with E-state index < -0.39 is 11.9 Å². The third-order valence-corrected chi connectivity index (χ3v) is 3.77. The summed E-state index contributed by atoms with van der Waals surface area (Å²) in [7, 11) is 0. The van der Waals surface area contributed by atoms with Gasteiger partial charge in [-0.2, -0.15) is 0 Å². The van der Waals surface area contributed by atoms with E-state index in [4.69, 9.17) is 14.2 Å². The van der Waals surface area contributed by atoms with Gasteiger partial charge in [0.1, 0.15) is 19.0 Å². The van der Waals surface area contributed by atoms with Crippen LogP contribution in [0.2, 0.25) is 0 Å². The molecule has 0 amide bonds. The van der Waals surface area contributed by atoms with Gasteiger partial charge in [-0.15, -0.1) is 0 Å². The lowest BCUT2D eigenvalue weighted by atomic mass is 10.1. The Morgan fingerprint density at radius 3 is 2.25 bits per heavy atom. The summed E-state index contributed by atoms with van der Waals surface area (Å²) in [4.78, 5) is 23.0. The zero-order chi connectivity index (χ0) is 17.6. The zero-order valence-corrected chi connectivity index (χ0v) is 15.7. The van der Waals surface area contributed by atoms with Gasteiger partial charge < -0.3 is 14.2 Å². The summed E-state index contributed by atoms with van der Waals surface area (Å²) >= 11 is 3.29. The van der Waals surface area contributed by atoms with Gasteiger partial charge in [-0.3, -0.25) is 0 Å². The first-order valence-corrected chi connectivity index (χ1v) is 9.10. The van der Waals surface area contributed by atoms with E-state index in [-0.39, 0.29) is 13.2 Å². The fraction of sp³-hybridized carbons (Fsp3) is 0.556. The number of hydrogen-bond donors (Lipinski definition) is 0. The Morgan fingerprint density at radius 1 is 0.917 bits per heavy atom. The molecule has 1 rings (SSSR count). The van der Waals surface area contributed by atoms with Crippen molar-refractivity contribution in [2.45, 2.75) is 45.4 Å². The highest BCUT2D eigenvalue weighted by molar-refractivity contribution is 9.10. The standard InChI is InChI=1S/C18H25BrO5/c1-2-3-4-5-6-7-12-23-17(20)13-22-14-18(21)24-16-10-8-15(19)9-11-16/h8-11H,2-7,12-14H2,1H3. The van der Waals surface area contributed by atoms with Crippen LogP contribution in [-0.2, 0) is 19.1 Å². The van der Waals surface area contributed by atoms with Crippen LogP contribution in [0.4, 0.5) is 0 Å². The predicted octanol–water partition coefficient (Wildman–Crippen LogP) is 4.27. The van der Waals surface area contributed by atoms with Gasteiger partial charge in [0.2, 0.25) is 0 Å². The molecule has 134 valence electrons. The summed E-state index contributed by atoms with van der Waals surface area (Å²) in [5.74, 6) is -0.585. The molecule has 0 radical (unpaired) electrons. The number of benzene rings is 1. The van der Waals surface area contributed by atoms with Gasteiger partial charge in [0.05, 0.1) is 6.61 Å². The van der Waals surface area contributed by atoms with Crippen LogP contribution in [0, 0.1) is 0 Å². The molecule has 0 bridgehead atoms. The smallest absolute Gasteiger partial charge is 0.337 e. The maximum absolute atomic E-state index is 11.6. The maximum Gasteiger partial charge on any atom is 0.337 e. The summed E-state index contributed by atoms with van der Waals surface area (Å²) in [6.45, 7) is 2.04. The minimum absolute atomic E-state index is 0.245. The predicted molar refractivity (Wildman–Crippen MR) is 94.9 cm³/mol. The molecule has 0 aliphatic heterocycles. The van der Waals surface area contributed by atoms with Crippen molar-refractivity contribution in [3.8, 4) is 5.75 Å².